The molecule has 3 aromatic carbocycles. The third-order valence-corrected chi connectivity index (χ3v) is 10.6. The Bertz CT molecular complexity index is 1800. The number of rotatable bonds is 20. The van der Waals surface area contributed by atoms with Gasteiger partial charge in [0.2, 0.25) is 11.8 Å². The summed E-state index contributed by atoms with van der Waals surface area (Å²) in [6, 6.07) is 22.9. The van der Waals surface area contributed by atoms with Crippen LogP contribution in [0.15, 0.2) is 96.6 Å². The highest BCUT2D eigenvalue weighted by Crippen LogP contribution is 2.43. The van der Waals surface area contributed by atoms with Gasteiger partial charge in [-0.05, 0) is 60.2 Å². The van der Waals surface area contributed by atoms with E-state index in [0.29, 0.717) is 30.4 Å². The number of carbonyl (C=O) groups excluding carboxylic acids is 3. The van der Waals surface area contributed by atoms with Crippen LogP contribution in [0.1, 0.15) is 98.7 Å². The van der Waals surface area contributed by atoms with Crippen LogP contribution >= 0.6 is 0 Å². The van der Waals surface area contributed by atoms with Crippen molar-refractivity contribution >= 4 is 23.9 Å². The van der Waals surface area contributed by atoms with E-state index in [1.54, 1.807) is 43.5 Å². The van der Waals surface area contributed by atoms with E-state index in [2.05, 4.69) is 19.2 Å². The highest BCUT2D eigenvalue weighted by Gasteiger charge is 2.52. The van der Waals surface area contributed by atoms with Crippen molar-refractivity contribution in [3.8, 4) is 5.75 Å². The molecule has 3 N–H and O–H groups in total. The zero-order valence-electron chi connectivity index (χ0n) is 33.0. The number of carbonyl (C=O) groups is 3. The predicted molar refractivity (Wildman–Crippen MR) is 217 cm³/mol. The number of amides is 2. The lowest BCUT2D eigenvalue weighted by Gasteiger charge is -2.33. The molecule has 0 saturated carbocycles. The van der Waals surface area contributed by atoms with E-state index in [-0.39, 0.29) is 43.6 Å². The fourth-order valence-corrected chi connectivity index (χ4v) is 7.48. The molecule has 0 spiro atoms. The molecule has 0 unspecified atom stereocenters. The first kappa shape index (κ1) is 42.4. The van der Waals surface area contributed by atoms with Crippen LogP contribution in [-0.4, -0.2) is 83.2 Å². The zero-order valence-corrected chi connectivity index (χ0v) is 33.0. The van der Waals surface area contributed by atoms with Crippen molar-refractivity contribution in [2.75, 3.05) is 20.2 Å². The monoisotopic (exact) mass is 766 g/mol. The maximum Gasteiger partial charge on any atom is 0.338 e. The summed E-state index contributed by atoms with van der Waals surface area (Å²) in [4.78, 5) is 43.2. The molecule has 1 heterocycles. The lowest BCUT2D eigenvalue weighted by atomic mass is 9.90. The maximum atomic E-state index is 14.4. The molecule has 1 fully saturated rings. The molecule has 3 aromatic rings. The predicted octanol–water partition coefficient (Wildman–Crippen LogP) is 7.32. The van der Waals surface area contributed by atoms with Gasteiger partial charge in [0.25, 0.3) is 0 Å². The Balaban J connectivity index is 1.41. The van der Waals surface area contributed by atoms with Gasteiger partial charge in [0.1, 0.15) is 30.1 Å². The minimum atomic E-state index is -0.872. The van der Waals surface area contributed by atoms with Crippen LogP contribution in [0, 0.1) is 0 Å². The van der Waals surface area contributed by atoms with Crippen LogP contribution in [0.2, 0.25) is 0 Å². The van der Waals surface area contributed by atoms with Gasteiger partial charge < -0.3 is 34.6 Å². The molecule has 0 radical (unpaired) electrons. The Morgan fingerprint density at radius 2 is 1.66 bits per heavy atom. The van der Waals surface area contributed by atoms with Gasteiger partial charge in [-0.2, -0.15) is 0 Å². The molecule has 0 bridgehead atoms. The normalized spacial score (nSPS) is 19.2. The maximum absolute atomic E-state index is 14.4. The minimum Gasteiger partial charge on any atom is -0.508 e. The second-order valence-corrected chi connectivity index (χ2v) is 14.8. The van der Waals surface area contributed by atoms with Gasteiger partial charge in [-0.1, -0.05) is 112 Å². The van der Waals surface area contributed by atoms with Gasteiger partial charge >= 0.3 is 5.97 Å². The van der Waals surface area contributed by atoms with E-state index in [9.17, 15) is 24.6 Å². The molecule has 300 valence electrons. The number of aliphatic hydroxyl groups excluding tert-OH is 1. The summed E-state index contributed by atoms with van der Waals surface area (Å²) in [5.74, 6) is -1.94. The van der Waals surface area contributed by atoms with Crippen molar-refractivity contribution in [1.29, 1.82) is 0 Å². The first-order valence-corrected chi connectivity index (χ1v) is 20.2. The van der Waals surface area contributed by atoms with Crippen molar-refractivity contribution < 1.29 is 38.8 Å². The Morgan fingerprint density at radius 3 is 2.36 bits per heavy atom. The summed E-state index contributed by atoms with van der Waals surface area (Å²) in [6.07, 6.45) is 11.7. The van der Waals surface area contributed by atoms with Gasteiger partial charge in [0.05, 0.1) is 12.2 Å². The minimum absolute atomic E-state index is 0.0631. The molecule has 4 atom stereocenters. The number of nitrogens with one attached hydrogen (secondary N) is 1. The summed E-state index contributed by atoms with van der Waals surface area (Å²) in [6.45, 7) is 4.14. The summed E-state index contributed by atoms with van der Waals surface area (Å²) in [7, 11) is 1.60. The number of hydrogen-bond acceptors (Lipinski definition) is 8. The number of likely N-dealkylation sites (N-methyl/N-ethyl adjacent to an activating group) is 1. The fourth-order valence-electron chi connectivity index (χ4n) is 7.48. The van der Waals surface area contributed by atoms with Crippen LogP contribution in [0.4, 0.5) is 0 Å². The summed E-state index contributed by atoms with van der Waals surface area (Å²) in [5.41, 5.74) is 3.20. The number of aliphatic hydroxyl groups is 1. The molecule has 2 aliphatic rings. The van der Waals surface area contributed by atoms with E-state index in [1.807, 2.05) is 60.7 Å². The average Bonchev–Trinajstić information content (AvgIpc) is 3.58. The number of phenolic OH excluding ortho intramolecular Hbond substituents is 1. The molecule has 10 nitrogen and oxygen atoms in total. The molecule has 5 rings (SSSR count). The number of ether oxygens (including phenoxy) is 3. The summed E-state index contributed by atoms with van der Waals surface area (Å²) < 4.78 is 19.9. The Kier molecular flexibility index (Phi) is 15.9. The van der Waals surface area contributed by atoms with Crippen molar-refractivity contribution in [2.24, 2.45) is 0 Å². The van der Waals surface area contributed by atoms with Crippen molar-refractivity contribution in [2.45, 2.75) is 115 Å². The third kappa shape index (κ3) is 11.4. The number of aromatic hydroxyl groups is 1. The number of nitrogens with zero attached hydrogens (tertiary/aromatic N) is 1. The van der Waals surface area contributed by atoms with E-state index >= 15 is 0 Å². The molecule has 1 aliphatic heterocycles. The number of unbranched alkanes of at least 4 members (excludes halogenated alkanes) is 4. The van der Waals surface area contributed by atoms with Crippen molar-refractivity contribution in [3.05, 3.63) is 119 Å². The standard InChI is InChI=1S/C46H58N2O8/c1-4-6-13-25-46(26-14-7-5-2)55-41-32-37(44(52)48(3)38(43(51)47-27-28-49)30-34-17-9-8-10-18-34)31-40(42(41)56-46)54-45(53)36-23-16-20-33(29-36)19-15-22-35-21-11-12-24-39(35)50/h8-12,15-21,23-24,29,32,38,40-42,49-50H,4-7,13-14,22,25-28,30-31H2,1-3H3,(H,47,51)/t38-,40-,41-,42+/m1/s1. The highest BCUT2D eigenvalue weighted by atomic mass is 16.8. The van der Waals surface area contributed by atoms with Gasteiger partial charge in [0, 0.05) is 44.8 Å². The van der Waals surface area contributed by atoms with E-state index in [4.69, 9.17) is 14.2 Å². The number of phenols is 1. The van der Waals surface area contributed by atoms with Crippen LogP contribution in [0.25, 0.3) is 6.08 Å². The quantitative estimate of drug-likeness (QED) is 0.0805. The highest BCUT2D eigenvalue weighted by molar-refractivity contribution is 5.97. The van der Waals surface area contributed by atoms with Gasteiger partial charge in [-0.15, -0.1) is 0 Å². The van der Waals surface area contributed by atoms with E-state index in [1.165, 1.54) is 4.90 Å². The smallest absolute Gasteiger partial charge is 0.338 e. The van der Waals surface area contributed by atoms with Crippen molar-refractivity contribution in [3.63, 3.8) is 0 Å². The molecule has 1 aliphatic carbocycles. The molecule has 2 amide bonds. The molecular formula is C46H58N2O8. The third-order valence-electron chi connectivity index (χ3n) is 10.6. The number of esters is 1. The van der Waals surface area contributed by atoms with Gasteiger partial charge in [0.15, 0.2) is 5.79 Å². The molecule has 0 aromatic heterocycles. The van der Waals surface area contributed by atoms with Gasteiger partial charge in [-0.25, -0.2) is 4.79 Å². The Hall–Kier alpha value is -4.77. The van der Waals surface area contributed by atoms with Crippen LogP contribution < -0.4 is 5.32 Å². The Labute approximate surface area is 331 Å². The number of benzene rings is 3. The number of hydrogen-bond donors (Lipinski definition) is 3. The van der Waals surface area contributed by atoms with Crippen LogP contribution in [0.5, 0.6) is 5.75 Å². The average molecular weight is 767 g/mol. The van der Waals surface area contributed by atoms with E-state index in [0.717, 1.165) is 55.2 Å². The molecule has 10 heteroatoms. The van der Waals surface area contributed by atoms with Crippen LogP contribution in [-0.2, 0) is 36.6 Å². The van der Waals surface area contributed by atoms with Crippen LogP contribution in [0.3, 0.4) is 0 Å². The van der Waals surface area contributed by atoms with Crippen molar-refractivity contribution in [1.82, 2.24) is 10.2 Å². The first-order chi connectivity index (χ1) is 27.2. The van der Waals surface area contributed by atoms with E-state index < -0.39 is 36.1 Å². The number of allylic oxidation sites excluding steroid dienone is 1. The lowest BCUT2D eigenvalue weighted by molar-refractivity contribution is -0.190. The second-order valence-electron chi connectivity index (χ2n) is 14.8. The number of para-hydroxylation sites is 1. The first-order valence-electron chi connectivity index (χ1n) is 20.2. The summed E-state index contributed by atoms with van der Waals surface area (Å²) in [5, 5.41) is 22.3. The number of fused-ring (bicyclic) bond motifs is 1. The zero-order chi connectivity index (χ0) is 39.9. The Morgan fingerprint density at radius 1 is 0.946 bits per heavy atom. The lowest BCUT2D eigenvalue weighted by Crippen LogP contribution is -2.51. The molecular weight excluding hydrogens is 709 g/mol. The topological polar surface area (TPSA) is 135 Å². The fraction of sp³-hybridized carbons (Fsp3) is 0.457. The summed E-state index contributed by atoms with van der Waals surface area (Å²) >= 11 is 0. The molecule has 56 heavy (non-hydrogen) atoms. The molecule has 1 saturated heterocycles. The second kappa shape index (κ2) is 20.9. The van der Waals surface area contributed by atoms with Gasteiger partial charge in [-0.3, -0.25) is 9.59 Å². The largest absolute Gasteiger partial charge is 0.508 e. The SMILES string of the molecule is CCCCCC1(CCCCC)O[C@@H]2[C@@H](C=C(C(=O)N(C)[C@H](Cc3ccccc3)C(=O)NCCO)C[C@H]2OC(=O)c2cccc(C=CCc3ccccc3O)c2)O1.